The van der Waals surface area contributed by atoms with Crippen LogP contribution in [0.25, 0.3) is 0 Å². The molecule has 2 fully saturated rings. The fourth-order valence-corrected chi connectivity index (χ4v) is 5.61. The molecule has 1 N–H and O–H groups in total. The summed E-state index contributed by atoms with van der Waals surface area (Å²) in [6, 6.07) is 7.13. The molecule has 0 saturated carbocycles. The summed E-state index contributed by atoms with van der Waals surface area (Å²) in [6.45, 7) is 1.53. The maximum atomic E-state index is 12.8. The van der Waals surface area contributed by atoms with Gasteiger partial charge in [-0.15, -0.1) is 0 Å². The van der Waals surface area contributed by atoms with Crippen LogP contribution in [0.1, 0.15) is 24.8 Å². The van der Waals surface area contributed by atoms with Crippen LogP contribution in [0.5, 0.6) is 0 Å². The van der Waals surface area contributed by atoms with Gasteiger partial charge in [0.15, 0.2) is 0 Å². The second-order valence-corrected chi connectivity index (χ2v) is 9.09. The summed E-state index contributed by atoms with van der Waals surface area (Å²) in [5, 5.41) is 10.9. The van der Waals surface area contributed by atoms with E-state index in [1.54, 1.807) is 16.4 Å². The molecule has 7 heteroatoms. The zero-order chi connectivity index (χ0) is 17.2. The van der Waals surface area contributed by atoms with Gasteiger partial charge in [-0.3, -0.25) is 0 Å². The molecule has 24 heavy (non-hydrogen) atoms. The van der Waals surface area contributed by atoms with Crippen LogP contribution in [0.4, 0.5) is 0 Å². The molecular formula is C17H24ClNO4S. The van der Waals surface area contributed by atoms with Crippen molar-refractivity contribution >= 4 is 21.6 Å². The van der Waals surface area contributed by atoms with Crippen molar-refractivity contribution in [2.75, 3.05) is 25.5 Å². The first-order valence-corrected chi connectivity index (χ1v) is 10.5. The molecule has 0 aromatic heterocycles. The summed E-state index contributed by atoms with van der Waals surface area (Å²) in [5.74, 6) is -0.0407. The van der Waals surface area contributed by atoms with E-state index in [2.05, 4.69) is 0 Å². The summed E-state index contributed by atoms with van der Waals surface area (Å²) in [6.07, 6.45) is 2.21. The van der Waals surface area contributed by atoms with Crippen LogP contribution < -0.4 is 0 Å². The maximum absolute atomic E-state index is 12.8. The first-order valence-electron chi connectivity index (χ1n) is 8.47. The number of benzene rings is 1. The Hall–Kier alpha value is -0.660. The molecule has 5 nitrogen and oxygen atoms in total. The number of aliphatic hydroxyl groups excluding tert-OH is 1. The van der Waals surface area contributed by atoms with E-state index in [-0.39, 0.29) is 17.7 Å². The van der Waals surface area contributed by atoms with Gasteiger partial charge in [-0.1, -0.05) is 23.7 Å². The molecule has 0 bridgehead atoms. The van der Waals surface area contributed by atoms with Crippen molar-refractivity contribution in [2.24, 2.45) is 5.92 Å². The van der Waals surface area contributed by atoms with E-state index < -0.39 is 16.1 Å². The number of sulfonamides is 1. The topological polar surface area (TPSA) is 66.8 Å². The average Bonchev–Trinajstić information content (AvgIpc) is 3.05. The number of aliphatic hydroxyl groups is 1. The molecule has 0 radical (unpaired) electrons. The van der Waals surface area contributed by atoms with E-state index in [9.17, 15) is 13.5 Å². The SMILES string of the molecule is O=S(=O)(CCc1ccc(Cl)cc1)N1CCCC1C1COCCC1O. The molecule has 0 aliphatic carbocycles. The molecule has 2 aliphatic heterocycles. The van der Waals surface area contributed by atoms with Gasteiger partial charge in [0.05, 0.1) is 18.5 Å². The van der Waals surface area contributed by atoms with Crippen molar-refractivity contribution in [3.63, 3.8) is 0 Å². The van der Waals surface area contributed by atoms with Gasteiger partial charge in [-0.25, -0.2) is 8.42 Å². The zero-order valence-electron chi connectivity index (χ0n) is 13.6. The second-order valence-electron chi connectivity index (χ2n) is 6.61. The van der Waals surface area contributed by atoms with Crippen molar-refractivity contribution in [3.05, 3.63) is 34.9 Å². The number of hydrogen-bond donors (Lipinski definition) is 1. The van der Waals surface area contributed by atoms with Gasteiger partial charge in [0.1, 0.15) is 0 Å². The number of rotatable bonds is 5. The Morgan fingerprint density at radius 2 is 2.00 bits per heavy atom. The van der Waals surface area contributed by atoms with Gasteiger partial charge >= 0.3 is 0 Å². The van der Waals surface area contributed by atoms with Crippen LogP contribution in [0.3, 0.4) is 0 Å². The lowest BCUT2D eigenvalue weighted by molar-refractivity contribution is -0.0543. The quantitative estimate of drug-likeness (QED) is 0.858. The smallest absolute Gasteiger partial charge is 0.214 e. The number of hydrogen-bond acceptors (Lipinski definition) is 4. The molecule has 1 aromatic carbocycles. The molecule has 2 heterocycles. The van der Waals surface area contributed by atoms with Gasteiger partial charge in [0, 0.05) is 30.1 Å². The molecule has 0 amide bonds. The van der Waals surface area contributed by atoms with Gasteiger partial charge < -0.3 is 9.84 Å². The van der Waals surface area contributed by atoms with Crippen molar-refractivity contribution in [3.8, 4) is 0 Å². The molecular weight excluding hydrogens is 350 g/mol. The zero-order valence-corrected chi connectivity index (χ0v) is 15.2. The average molecular weight is 374 g/mol. The molecule has 0 spiro atoms. The number of nitrogens with zero attached hydrogens (tertiary/aromatic N) is 1. The summed E-state index contributed by atoms with van der Waals surface area (Å²) in [4.78, 5) is 0. The van der Waals surface area contributed by atoms with Gasteiger partial charge in [-0.05, 0) is 43.4 Å². The summed E-state index contributed by atoms with van der Waals surface area (Å²) < 4.78 is 32.7. The monoisotopic (exact) mass is 373 g/mol. The Balaban J connectivity index is 1.67. The highest BCUT2D eigenvalue weighted by Crippen LogP contribution is 2.32. The Labute approximate surface area is 148 Å². The minimum absolute atomic E-state index is 0.0782. The van der Waals surface area contributed by atoms with Crippen molar-refractivity contribution in [1.82, 2.24) is 4.31 Å². The van der Waals surface area contributed by atoms with Crippen LogP contribution in [0, 0.1) is 5.92 Å². The Morgan fingerprint density at radius 3 is 2.71 bits per heavy atom. The highest BCUT2D eigenvalue weighted by atomic mass is 35.5. The van der Waals surface area contributed by atoms with E-state index >= 15 is 0 Å². The fourth-order valence-electron chi connectivity index (χ4n) is 3.67. The first kappa shape index (κ1) is 18.1. The van der Waals surface area contributed by atoms with Crippen LogP contribution in [0.15, 0.2) is 24.3 Å². The number of ether oxygens (including phenoxy) is 1. The first-order chi connectivity index (χ1) is 11.5. The Kier molecular flexibility index (Phi) is 5.82. The molecule has 134 valence electrons. The highest BCUT2D eigenvalue weighted by molar-refractivity contribution is 7.89. The number of aryl methyl sites for hydroxylation is 1. The lowest BCUT2D eigenvalue weighted by Crippen LogP contribution is -2.48. The van der Waals surface area contributed by atoms with E-state index in [1.165, 1.54) is 0 Å². The predicted molar refractivity (Wildman–Crippen MR) is 93.6 cm³/mol. The van der Waals surface area contributed by atoms with Crippen LogP contribution >= 0.6 is 11.6 Å². The molecule has 3 atom stereocenters. The van der Waals surface area contributed by atoms with Crippen molar-refractivity contribution in [2.45, 2.75) is 37.8 Å². The third-order valence-corrected chi connectivity index (χ3v) is 7.16. The summed E-state index contributed by atoms with van der Waals surface area (Å²) in [5.41, 5.74) is 0.958. The second kappa shape index (κ2) is 7.70. The lowest BCUT2D eigenvalue weighted by Gasteiger charge is -2.36. The van der Waals surface area contributed by atoms with Crippen LogP contribution in [-0.2, 0) is 21.2 Å². The summed E-state index contributed by atoms with van der Waals surface area (Å²) >= 11 is 5.86. The van der Waals surface area contributed by atoms with E-state index in [4.69, 9.17) is 16.3 Å². The largest absolute Gasteiger partial charge is 0.393 e. The van der Waals surface area contributed by atoms with Crippen molar-refractivity contribution in [1.29, 1.82) is 0 Å². The van der Waals surface area contributed by atoms with Crippen LogP contribution in [0.2, 0.25) is 5.02 Å². The molecule has 3 unspecified atom stereocenters. The van der Waals surface area contributed by atoms with E-state index in [0.717, 1.165) is 18.4 Å². The molecule has 2 aliphatic rings. The Morgan fingerprint density at radius 1 is 1.25 bits per heavy atom. The lowest BCUT2D eigenvalue weighted by atomic mass is 9.90. The predicted octanol–water partition coefficient (Wildman–Crippen LogP) is 2.07. The Bertz CT molecular complexity index is 649. The minimum atomic E-state index is -3.36. The minimum Gasteiger partial charge on any atom is -0.393 e. The molecule has 2 saturated heterocycles. The maximum Gasteiger partial charge on any atom is 0.214 e. The van der Waals surface area contributed by atoms with E-state index in [0.29, 0.717) is 37.6 Å². The fraction of sp³-hybridized carbons (Fsp3) is 0.647. The molecule has 3 rings (SSSR count). The number of halogens is 1. The van der Waals surface area contributed by atoms with E-state index in [1.807, 2.05) is 12.1 Å². The normalized spacial score (nSPS) is 29.0. The van der Waals surface area contributed by atoms with Gasteiger partial charge in [-0.2, -0.15) is 4.31 Å². The standard InChI is InChI=1S/C17H24ClNO4S/c18-14-5-3-13(4-6-14)8-11-24(21,22)19-9-1-2-16(19)15-12-23-10-7-17(15)20/h3-6,15-17,20H,1-2,7-12H2. The van der Waals surface area contributed by atoms with Gasteiger partial charge in [0.2, 0.25) is 10.0 Å². The summed E-state index contributed by atoms with van der Waals surface area (Å²) in [7, 11) is -3.36. The van der Waals surface area contributed by atoms with Crippen LogP contribution in [-0.4, -0.2) is 55.5 Å². The van der Waals surface area contributed by atoms with Gasteiger partial charge in [0.25, 0.3) is 0 Å². The van der Waals surface area contributed by atoms with Crippen molar-refractivity contribution < 1.29 is 18.3 Å². The third-order valence-electron chi connectivity index (χ3n) is 5.02. The molecule has 1 aromatic rings. The third kappa shape index (κ3) is 4.11. The highest BCUT2D eigenvalue weighted by Gasteiger charge is 2.42.